The van der Waals surface area contributed by atoms with E-state index in [1.165, 1.54) is 0 Å². The average molecular weight is 251 g/mol. The number of nitrogens with one attached hydrogen (secondary N) is 1. The molecule has 0 bridgehead atoms. The van der Waals surface area contributed by atoms with Crippen LogP contribution in [0, 0.1) is 12.3 Å². The lowest BCUT2D eigenvalue weighted by molar-refractivity contribution is 0.0948. The molecule has 3 heteroatoms. The van der Waals surface area contributed by atoms with Crippen LogP contribution in [-0.2, 0) is 0 Å². The molecule has 0 aliphatic carbocycles. The van der Waals surface area contributed by atoms with Crippen molar-refractivity contribution >= 4 is 18.5 Å². The van der Waals surface area contributed by atoms with Crippen molar-refractivity contribution in [2.75, 3.05) is 6.54 Å². The van der Waals surface area contributed by atoms with Gasteiger partial charge in [0.2, 0.25) is 0 Å². The van der Waals surface area contributed by atoms with Gasteiger partial charge >= 0.3 is 0 Å². The second-order valence-electron chi connectivity index (χ2n) is 5.57. The number of benzene rings is 1. The van der Waals surface area contributed by atoms with Crippen molar-refractivity contribution in [3.05, 3.63) is 29.3 Å². The van der Waals surface area contributed by atoms with Gasteiger partial charge in [0.05, 0.1) is 0 Å². The van der Waals surface area contributed by atoms with Gasteiger partial charge in [-0.05, 0) is 36.5 Å². The summed E-state index contributed by atoms with van der Waals surface area (Å²) < 4.78 is 0. The number of thiol groups is 1. The fraction of sp³-hybridized carbons (Fsp3) is 0.500. The van der Waals surface area contributed by atoms with Crippen molar-refractivity contribution in [2.24, 2.45) is 5.41 Å². The molecule has 0 heterocycles. The molecule has 0 aliphatic rings. The Bertz CT molecular complexity index is 407. The quantitative estimate of drug-likeness (QED) is 0.792. The van der Waals surface area contributed by atoms with Crippen molar-refractivity contribution in [3.8, 4) is 0 Å². The summed E-state index contributed by atoms with van der Waals surface area (Å²) in [5, 5.41) is 2.95. The number of aryl methyl sites for hydroxylation is 1. The van der Waals surface area contributed by atoms with Crippen molar-refractivity contribution in [3.63, 3.8) is 0 Å². The van der Waals surface area contributed by atoms with Crippen molar-refractivity contribution in [2.45, 2.75) is 39.0 Å². The van der Waals surface area contributed by atoms with E-state index in [4.69, 9.17) is 0 Å². The maximum Gasteiger partial charge on any atom is 0.251 e. The van der Waals surface area contributed by atoms with Gasteiger partial charge in [0, 0.05) is 17.0 Å². The molecule has 17 heavy (non-hydrogen) atoms. The van der Waals surface area contributed by atoms with Gasteiger partial charge in [-0.15, -0.1) is 12.6 Å². The highest BCUT2D eigenvalue weighted by Gasteiger charge is 2.12. The van der Waals surface area contributed by atoms with Gasteiger partial charge in [-0.2, -0.15) is 0 Å². The molecule has 1 aromatic rings. The Morgan fingerprint density at radius 3 is 2.59 bits per heavy atom. The SMILES string of the molecule is Cc1ccc(S)cc1C(=O)NCCC(C)(C)C. The first-order valence-electron chi connectivity index (χ1n) is 5.87. The van der Waals surface area contributed by atoms with Crippen molar-refractivity contribution in [1.82, 2.24) is 5.32 Å². The zero-order valence-corrected chi connectivity index (χ0v) is 11.9. The van der Waals surface area contributed by atoms with E-state index in [0.717, 1.165) is 16.9 Å². The van der Waals surface area contributed by atoms with Gasteiger partial charge in [0.25, 0.3) is 5.91 Å². The highest BCUT2D eigenvalue weighted by molar-refractivity contribution is 7.80. The summed E-state index contributed by atoms with van der Waals surface area (Å²) in [6.07, 6.45) is 0.971. The molecule has 0 atom stereocenters. The van der Waals surface area contributed by atoms with Gasteiger partial charge in [-0.1, -0.05) is 26.8 Å². The van der Waals surface area contributed by atoms with Crippen LogP contribution in [0.2, 0.25) is 0 Å². The summed E-state index contributed by atoms with van der Waals surface area (Å²) in [4.78, 5) is 12.8. The lowest BCUT2D eigenvalue weighted by Gasteiger charge is -2.18. The van der Waals surface area contributed by atoms with Crippen LogP contribution in [0.3, 0.4) is 0 Å². The summed E-state index contributed by atoms with van der Waals surface area (Å²) in [6.45, 7) is 9.14. The van der Waals surface area contributed by atoms with Crippen LogP contribution in [-0.4, -0.2) is 12.5 Å². The molecule has 0 fully saturated rings. The molecule has 94 valence electrons. The highest BCUT2D eigenvalue weighted by atomic mass is 32.1. The number of carbonyl (C=O) groups is 1. The summed E-state index contributed by atoms with van der Waals surface area (Å²) in [5.41, 5.74) is 1.94. The van der Waals surface area contributed by atoms with E-state index in [0.29, 0.717) is 12.1 Å². The van der Waals surface area contributed by atoms with E-state index in [2.05, 4.69) is 38.7 Å². The normalized spacial score (nSPS) is 11.4. The number of carbonyl (C=O) groups excluding carboxylic acids is 1. The second-order valence-corrected chi connectivity index (χ2v) is 6.08. The Hall–Kier alpha value is -0.960. The van der Waals surface area contributed by atoms with Crippen LogP contribution in [0.1, 0.15) is 43.1 Å². The van der Waals surface area contributed by atoms with E-state index in [1.54, 1.807) is 0 Å². The van der Waals surface area contributed by atoms with Crippen LogP contribution in [0.4, 0.5) is 0 Å². The van der Waals surface area contributed by atoms with Crippen LogP contribution in [0.25, 0.3) is 0 Å². The zero-order valence-electron chi connectivity index (χ0n) is 11.0. The van der Waals surface area contributed by atoms with E-state index in [1.807, 2.05) is 25.1 Å². The minimum Gasteiger partial charge on any atom is -0.352 e. The third kappa shape index (κ3) is 4.82. The number of hydrogen-bond acceptors (Lipinski definition) is 2. The van der Waals surface area contributed by atoms with Gasteiger partial charge in [-0.3, -0.25) is 4.79 Å². The fourth-order valence-electron chi connectivity index (χ4n) is 1.50. The number of rotatable bonds is 3. The molecule has 0 aliphatic heterocycles. The van der Waals surface area contributed by atoms with Gasteiger partial charge in [0.15, 0.2) is 0 Å². The van der Waals surface area contributed by atoms with E-state index in [-0.39, 0.29) is 11.3 Å². The molecule has 0 unspecified atom stereocenters. The number of amides is 1. The first kappa shape index (κ1) is 14.1. The number of hydrogen-bond donors (Lipinski definition) is 2. The minimum atomic E-state index is -0.0114. The molecule has 1 amide bonds. The van der Waals surface area contributed by atoms with Crippen molar-refractivity contribution in [1.29, 1.82) is 0 Å². The minimum absolute atomic E-state index is 0.0114. The molecule has 0 saturated carbocycles. The average Bonchev–Trinajstić information content (AvgIpc) is 2.19. The lowest BCUT2D eigenvalue weighted by Crippen LogP contribution is -2.27. The maximum atomic E-state index is 12.0. The Labute approximate surface area is 109 Å². The summed E-state index contributed by atoms with van der Waals surface area (Å²) >= 11 is 4.25. The Balaban J connectivity index is 2.61. The molecule has 1 rings (SSSR count). The summed E-state index contributed by atoms with van der Waals surface area (Å²) in [6, 6.07) is 5.62. The highest BCUT2D eigenvalue weighted by Crippen LogP contribution is 2.18. The predicted molar refractivity (Wildman–Crippen MR) is 74.8 cm³/mol. The largest absolute Gasteiger partial charge is 0.352 e. The fourth-order valence-corrected chi connectivity index (χ4v) is 1.70. The smallest absolute Gasteiger partial charge is 0.251 e. The molecule has 0 saturated heterocycles. The predicted octanol–water partition coefficient (Wildman–Crippen LogP) is 3.45. The molecule has 0 radical (unpaired) electrons. The monoisotopic (exact) mass is 251 g/mol. The standard InChI is InChI=1S/C14H21NOS/c1-10-5-6-11(17)9-12(10)13(16)15-8-7-14(2,3)4/h5-6,9,17H,7-8H2,1-4H3,(H,15,16). The molecule has 1 aromatic carbocycles. The molecule has 0 spiro atoms. The van der Waals surface area contributed by atoms with Crippen LogP contribution >= 0.6 is 12.6 Å². The van der Waals surface area contributed by atoms with E-state index >= 15 is 0 Å². The van der Waals surface area contributed by atoms with Gasteiger partial charge in [-0.25, -0.2) is 0 Å². The summed E-state index contributed by atoms with van der Waals surface area (Å²) in [5.74, 6) is -0.0114. The first-order valence-corrected chi connectivity index (χ1v) is 6.32. The first-order chi connectivity index (χ1) is 7.79. The Morgan fingerprint density at radius 2 is 2.00 bits per heavy atom. The molecule has 0 aromatic heterocycles. The second kappa shape index (κ2) is 5.58. The van der Waals surface area contributed by atoms with Crippen molar-refractivity contribution < 1.29 is 4.79 Å². The molecule has 1 N–H and O–H groups in total. The third-order valence-corrected chi connectivity index (χ3v) is 2.90. The maximum absolute atomic E-state index is 12.0. The van der Waals surface area contributed by atoms with Crippen LogP contribution in [0.15, 0.2) is 23.1 Å². The Morgan fingerprint density at radius 1 is 1.35 bits per heavy atom. The summed E-state index contributed by atoms with van der Waals surface area (Å²) in [7, 11) is 0. The van der Waals surface area contributed by atoms with E-state index < -0.39 is 0 Å². The molecule has 2 nitrogen and oxygen atoms in total. The van der Waals surface area contributed by atoms with Gasteiger partial charge in [0.1, 0.15) is 0 Å². The molecular formula is C14H21NOS. The lowest BCUT2D eigenvalue weighted by atomic mass is 9.92. The van der Waals surface area contributed by atoms with Crippen LogP contribution in [0.5, 0.6) is 0 Å². The van der Waals surface area contributed by atoms with E-state index in [9.17, 15) is 4.79 Å². The molecular weight excluding hydrogens is 230 g/mol. The van der Waals surface area contributed by atoms with Crippen LogP contribution < -0.4 is 5.32 Å². The topological polar surface area (TPSA) is 29.1 Å². The third-order valence-electron chi connectivity index (χ3n) is 2.63. The zero-order chi connectivity index (χ0) is 13.1. The van der Waals surface area contributed by atoms with Gasteiger partial charge < -0.3 is 5.32 Å². The Kier molecular flexibility index (Phi) is 4.63.